The van der Waals surface area contributed by atoms with Crippen molar-refractivity contribution in [3.8, 4) is 0 Å². The zero-order chi connectivity index (χ0) is 15.5. The van der Waals surface area contributed by atoms with Crippen molar-refractivity contribution in [2.75, 3.05) is 6.54 Å². The quantitative estimate of drug-likeness (QED) is 0.572. The summed E-state index contributed by atoms with van der Waals surface area (Å²) in [6.07, 6.45) is 4.08. The minimum atomic E-state index is -0.754. The molecule has 0 unspecified atom stereocenters. The smallest absolute Gasteiger partial charge is 0.303 e. The molecule has 21 heavy (non-hydrogen) atoms. The zero-order valence-corrected chi connectivity index (χ0v) is 12.3. The van der Waals surface area contributed by atoms with Crippen molar-refractivity contribution in [1.82, 2.24) is 5.32 Å². The molecule has 0 heterocycles. The van der Waals surface area contributed by atoms with Gasteiger partial charge in [-0.15, -0.1) is 0 Å². The van der Waals surface area contributed by atoms with Crippen molar-refractivity contribution in [2.24, 2.45) is 5.73 Å². The van der Waals surface area contributed by atoms with Crippen LogP contribution in [0.2, 0.25) is 0 Å². The summed E-state index contributed by atoms with van der Waals surface area (Å²) in [7, 11) is 0. The maximum Gasteiger partial charge on any atom is 0.303 e. The molecular formula is C16H24N2O3. The summed E-state index contributed by atoms with van der Waals surface area (Å²) in [5.41, 5.74) is 6.92. The second-order valence-electron chi connectivity index (χ2n) is 5.15. The first-order valence-electron chi connectivity index (χ1n) is 7.38. The summed E-state index contributed by atoms with van der Waals surface area (Å²) < 4.78 is 0. The van der Waals surface area contributed by atoms with Crippen LogP contribution in [0.15, 0.2) is 30.3 Å². The first-order chi connectivity index (χ1) is 10.1. The Morgan fingerprint density at radius 1 is 1.10 bits per heavy atom. The van der Waals surface area contributed by atoms with E-state index in [1.807, 2.05) is 30.3 Å². The number of aliphatic carboxylic acids is 1. The third-order valence-corrected chi connectivity index (χ3v) is 3.25. The van der Waals surface area contributed by atoms with Crippen LogP contribution in [-0.2, 0) is 16.0 Å². The highest BCUT2D eigenvalue weighted by atomic mass is 16.4. The Balaban J connectivity index is 2.09. The second-order valence-corrected chi connectivity index (χ2v) is 5.15. The molecule has 1 amide bonds. The van der Waals surface area contributed by atoms with Gasteiger partial charge in [0.2, 0.25) is 5.91 Å². The molecule has 0 aromatic heterocycles. The lowest BCUT2D eigenvalue weighted by Crippen LogP contribution is -2.42. The van der Waals surface area contributed by atoms with Gasteiger partial charge >= 0.3 is 5.97 Å². The summed E-state index contributed by atoms with van der Waals surface area (Å²) in [5.74, 6) is -0.889. The van der Waals surface area contributed by atoms with Gasteiger partial charge in [0, 0.05) is 13.0 Å². The highest BCUT2D eigenvalue weighted by Gasteiger charge is 2.12. The minimum Gasteiger partial charge on any atom is -0.481 e. The van der Waals surface area contributed by atoms with Crippen molar-refractivity contribution in [2.45, 2.75) is 44.6 Å². The van der Waals surface area contributed by atoms with Crippen LogP contribution in [0, 0.1) is 0 Å². The number of benzene rings is 1. The number of hydrogen-bond donors (Lipinski definition) is 3. The third kappa shape index (κ3) is 8.09. The zero-order valence-electron chi connectivity index (χ0n) is 12.3. The lowest BCUT2D eigenvalue weighted by atomic mass is 10.1. The van der Waals surface area contributed by atoms with E-state index < -0.39 is 12.0 Å². The van der Waals surface area contributed by atoms with Crippen LogP contribution >= 0.6 is 0 Å². The van der Waals surface area contributed by atoms with Gasteiger partial charge in [0.25, 0.3) is 0 Å². The lowest BCUT2D eigenvalue weighted by Gasteiger charge is -2.12. The van der Waals surface area contributed by atoms with Crippen LogP contribution in [0.4, 0.5) is 0 Å². The number of hydrogen-bond acceptors (Lipinski definition) is 3. The molecule has 5 heteroatoms. The van der Waals surface area contributed by atoms with Crippen LogP contribution in [0.3, 0.4) is 0 Å². The Labute approximate surface area is 125 Å². The molecule has 0 aliphatic heterocycles. The van der Waals surface area contributed by atoms with E-state index in [9.17, 15) is 9.59 Å². The molecule has 1 rings (SSSR count). The Hall–Kier alpha value is -1.88. The Bertz CT molecular complexity index is 434. The van der Waals surface area contributed by atoms with Crippen molar-refractivity contribution >= 4 is 11.9 Å². The molecule has 1 atom stereocenters. The average molecular weight is 292 g/mol. The van der Waals surface area contributed by atoms with E-state index >= 15 is 0 Å². The van der Waals surface area contributed by atoms with E-state index in [0.717, 1.165) is 24.8 Å². The number of rotatable bonds is 10. The standard InChI is InChI=1S/C16H24N2O3/c17-14(12-13-8-4-3-5-9-13)16(21)18-11-7-2-1-6-10-15(19)20/h3-5,8-9,14H,1-2,6-7,10-12,17H2,(H,18,21)(H,19,20)/t14-/m1/s1. The van der Waals surface area contributed by atoms with Gasteiger partial charge in [0.15, 0.2) is 0 Å². The molecule has 0 saturated heterocycles. The number of nitrogens with one attached hydrogen (secondary N) is 1. The number of nitrogens with two attached hydrogens (primary N) is 1. The monoisotopic (exact) mass is 292 g/mol. The molecule has 0 aliphatic rings. The maximum atomic E-state index is 11.8. The molecule has 0 saturated carbocycles. The molecule has 0 spiro atoms. The fourth-order valence-electron chi connectivity index (χ4n) is 2.06. The second kappa shape index (κ2) is 9.94. The van der Waals surface area contributed by atoms with Crippen LogP contribution < -0.4 is 11.1 Å². The minimum absolute atomic E-state index is 0.135. The molecule has 0 bridgehead atoms. The number of carbonyl (C=O) groups excluding carboxylic acids is 1. The Kier molecular flexibility index (Phi) is 8.12. The van der Waals surface area contributed by atoms with Gasteiger partial charge in [-0.25, -0.2) is 0 Å². The first kappa shape index (κ1) is 17.2. The largest absolute Gasteiger partial charge is 0.481 e. The predicted octanol–water partition coefficient (Wildman–Crippen LogP) is 1.71. The number of carbonyl (C=O) groups is 2. The molecule has 0 fully saturated rings. The third-order valence-electron chi connectivity index (χ3n) is 3.25. The summed E-state index contributed by atoms with van der Waals surface area (Å²) in [6.45, 7) is 0.592. The molecule has 0 aliphatic carbocycles. The van der Waals surface area contributed by atoms with Crippen molar-refractivity contribution in [3.63, 3.8) is 0 Å². The van der Waals surface area contributed by atoms with Crippen LogP contribution in [0.1, 0.15) is 37.7 Å². The van der Waals surface area contributed by atoms with Crippen LogP contribution in [-0.4, -0.2) is 29.6 Å². The van der Waals surface area contributed by atoms with Gasteiger partial charge in [-0.05, 0) is 24.8 Å². The van der Waals surface area contributed by atoms with E-state index in [1.165, 1.54) is 0 Å². The van der Waals surface area contributed by atoms with Gasteiger partial charge in [-0.3, -0.25) is 9.59 Å². The van der Waals surface area contributed by atoms with E-state index in [1.54, 1.807) is 0 Å². The van der Waals surface area contributed by atoms with Crippen LogP contribution in [0.5, 0.6) is 0 Å². The van der Waals surface area contributed by atoms with Crippen molar-refractivity contribution < 1.29 is 14.7 Å². The molecule has 1 aromatic carbocycles. The summed E-state index contributed by atoms with van der Waals surface area (Å²) >= 11 is 0. The maximum absolute atomic E-state index is 11.8. The normalized spacial score (nSPS) is 11.9. The number of amides is 1. The van der Waals surface area contributed by atoms with Crippen molar-refractivity contribution in [3.05, 3.63) is 35.9 Å². The Morgan fingerprint density at radius 2 is 1.76 bits per heavy atom. The van der Waals surface area contributed by atoms with E-state index in [2.05, 4.69) is 5.32 Å². The van der Waals surface area contributed by atoms with E-state index in [-0.39, 0.29) is 12.3 Å². The van der Waals surface area contributed by atoms with Crippen molar-refractivity contribution in [1.29, 1.82) is 0 Å². The summed E-state index contributed by atoms with van der Waals surface area (Å²) in [4.78, 5) is 22.1. The molecule has 116 valence electrons. The highest BCUT2D eigenvalue weighted by molar-refractivity contribution is 5.81. The van der Waals surface area contributed by atoms with Gasteiger partial charge in [-0.1, -0.05) is 43.2 Å². The molecular weight excluding hydrogens is 268 g/mol. The fourth-order valence-corrected chi connectivity index (χ4v) is 2.06. The average Bonchev–Trinajstić information content (AvgIpc) is 2.46. The number of unbranched alkanes of at least 4 members (excludes halogenated alkanes) is 3. The summed E-state index contributed by atoms with van der Waals surface area (Å²) in [6, 6.07) is 9.16. The molecule has 1 aromatic rings. The summed E-state index contributed by atoms with van der Waals surface area (Å²) in [5, 5.41) is 11.3. The highest BCUT2D eigenvalue weighted by Crippen LogP contribution is 2.03. The number of carboxylic acids is 1. The van der Waals surface area contributed by atoms with Gasteiger partial charge < -0.3 is 16.2 Å². The van der Waals surface area contributed by atoms with E-state index in [0.29, 0.717) is 19.4 Å². The number of carboxylic acid groups (broad SMARTS) is 1. The molecule has 0 radical (unpaired) electrons. The SMILES string of the molecule is N[C@H](Cc1ccccc1)C(=O)NCCCCCCC(=O)O. The molecule has 5 nitrogen and oxygen atoms in total. The predicted molar refractivity (Wildman–Crippen MR) is 81.9 cm³/mol. The fraction of sp³-hybridized carbons (Fsp3) is 0.500. The van der Waals surface area contributed by atoms with Gasteiger partial charge in [0.05, 0.1) is 6.04 Å². The topological polar surface area (TPSA) is 92.4 Å². The van der Waals surface area contributed by atoms with Gasteiger partial charge in [-0.2, -0.15) is 0 Å². The lowest BCUT2D eigenvalue weighted by molar-refractivity contribution is -0.137. The van der Waals surface area contributed by atoms with E-state index in [4.69, 9.17) is 10.8 Å². The Morgan fingerprint density at radius 3 is 2.43 bits per heavy atom. The van der Waals surface area contributed by atoms with Gasteiger partial charge in [0.1, 0.15) is 0 Å². The molecule has 4 N–H and O–H groups in total. The first-order valence-corrected chi connectivity index (χ1v) is 7.38. The van der Waals surface area contributed by atoms with Crippen LogP contribution in [0.25, 0.3) is 0 Å².